The van der Waals surface area contributed by atoms with Crippen LogP contribution in [0.5, 0.6) is 0 Å². The Kier molecular flexibility index (Phi) is 5.38. The predicted octanol–water partition coefficient (Wildman–Crippen LogP) is 4.99. The monoisotopic (exact) mass is 305 g/mol. The molecule has 0 saturated carbocycles. The molecular formula is C18H21ClFN. The Bertz CT molecular complexity index is 625. The van der Waals surface area contributed by atoms with Crippen LogP contribution in [-0.2, 0) is 6.42 Å². The van der Waals surface area contributed by atoms with Gasteiger partial charge >= 0.3 is 0 Å². The van der Waals surface area contributed by atoms with Gasteiger partial charge in [-0.3, -0.25) is 0 Å². The lowest BCUT2D eigenvalue weighted by Gasteiger charge is -2.21. The van der Waals surface area contributed by atoms with Crippen molar-refractivity contribution >= 4 is 11.6 Å². The Hall–Kier alpha value is -1.38. The smallest absolute Gasteiger partial charge is 0.123 e. The summed E-state index contributed by atoms with van der Waals surface area (Å²) in [6, 6.07) is 11.0. The van der Waals surface area contributed by atoms with Crippen molar-refractivity contribution in [3.63, 3.8) is 0 Å². The largest absolute Gasteiger partial charge is 0.310 e. The van der Waals surface area contributed by atoms with Gasteiger partial charge < -0.3 is 5.32 Å². The zero-order chi connectivity index (χ0) is 15.4. The van der Waals surface area contributed by atoms with E-state index in [1.54, 1.807) is 6.07 Å². The van der Waals surface area contributed by atoms with Crippen LogP contribution in [0.15, 0.2) is 36.4 Å². The first kappa shape index (κ1) is 16.0. The number of likely N-dealkylation sites (N-methyl/N-ethyl adjacent to an activating group) is 1. The lowest BCUT2D eigenvalue weighted by Crippen LogP contribution is -2.23. The molecule has 0 spiro atoms. The van der Waals surface area contributed by atoms with Crippen molar-refractivity contribution in [1.82, 2.24) is 5.32 Å². The van der Waals surface area contributed by atoms with E-state index in [2.05, 4.69) is 37.4 Å². The molecule has 0 fully saturated rings. The zero-order valence-electron chi connectivity index (χ0n) is 12.7. The summed E-state index contributed by atoms with van der Waals surface area (Å²) in [6.45, 7) is 7.04. The summed E-state index contributed by atoms with van der Waals surface area (Å²) in [4.78, 5) is 0. The van der Waals surface area contributed by atoms with Gasteiger partial charge in [0.15, 0.2) is 0 Å². The number of benzene rings is 2. The van der Waals surface area contributed by atoms with Crippen molar-refractivity contribution in [1.29, 1.82) is 0 Å². The van der Waals surface area contributed by atoms with E-state index in [0.717, 1.165) is 18.5 Å². The van der Waals surface area contributed by atoms with Crippen LogP contribution in [-0.4, -0.2) is 6.54 Å². The lowest BCUT2D eigenvalue weighted by atomic mass is 9.94. The van der Waals surface area contributed by atoms with E-state index in [1.807, 2.05) is 6.92 Å². The molecule has 1 atom stereocenters. The van der Waals surface area contributed by atoms with E-state index in [1.165, 1.54) is 28.8 Å². The molecule has 0 aliphatic carbocycles. The highest BCUT2D eigenvalue weighted by atomic mass is 35.5. The van der Waals surface area contributed by atoms with Crippen LogP contribution < -0.4 is 5.32 Å². The molecule has 0 radical (unpaired) electrons. The van der Waals surface area contributed by atoms with Crippen molar-refractivity contribution in [2.24, 2.45) is 0 Å². The van der Waals surface area contributed by atoms with Gasteiger partial charge in [-0.2, -0.15) is 0 Å². The maximum atomic E-state index is 13.5. The van der Waals surface area contributed by atoms with E-state index < -0.39 is 0 Å². The molecule has 0 heterocycles. The molecule has 112 valence electrons. The van der Waals surface area contributed by atoms with Crippen molar-refractivity contribution < 1.29 is 4.39 Å². The highest BCUT2D eigenvalue weighted by Crippen LogP contribution is 2.28. The Morgan fingerprint density at radius 1 is 1.14 bits per heavy atom. The number of halogens is 2. The van der Waals surface area contributed by atoms with Crippen molar-refractivity contribution in [2.45, 2.75) is 33.2 Å². The SMILES string of the molecule is CCNC(Cc1cc(C)ccc1C)c1cc(F)ccc1Cl. The topological polar surface area (TPSA) is 12.0 Å². The summed E-state index contributed by atoms with van der Waals surface area (Å²) >= 11 is 6.26. The second-order valence-corrected chi connectivity index (χ2v) is 5.82. The summed E-state index contributed by atoms with van der Waals surface area (Å²) < 4.78 is 13.5. The molecule has 2 aromatic carbocycles. The summed E-state index contributed by atoms with van der Waals surface area (Å²) in [7, 11) is 0. The third-order valence-electron chi connectivity index (χ3n) is 3.71. The van der Waals surface area contributed by atoms with Crippen LogP contribution in [0, 0.1) is 19.7 Å². The zero-order valence-corrected chi connectivity index (χ0v) is 13.5. The Labute approximate surface area is 131 Å². The van der Waals surface area contributed by atoms with Gasteiger partial charge in [0.05, 0.1) is 0 Å². The maximum Gasteiger partial charge on any atom is 0.123 e. The van der Waals surface area contributed by atoms with E-state index in [4.69, 9.17) is 11.6 Å². The quantitative estimate of drug-likeness (QED) is 0.820. The fourth-order valence-corrected chi connectivity index (χ4v) is 2.81. The molecule has 0 bridgehead atoms. The van der Waals surface area contributed by atoms with Crippen molar-refractivity contribution in [2.75, 3.05) is 6.54 Å². The Balaban J connectivity index is 2.35. The fraction of sp³-hybridized carbons (Fsp3) is 0.333. The predicted molar refractivity (Wildman–Crippen MR) is 87.4 cm³/mol. The number of hydrogen-bond donors (Lipinski definition) is 1. The molecule has 2 aromatic rings. The third-order valence-corrected chi connectivity index (χ3v) is 4.06. The van der Waals surface area contributed by atoms with Gasteiger partial charge in [0.2, 0.25) is 0 Å². The van der Waals surface area contributed by atoms with Crippen LogP contribution in [0.2, 0.25) is 5.02 Å². The van der Waals surface area contributed by atoms with Gasteiger partial charge in [-0.25, -0.2) is 4.39 Å². The average molecular weight is 306 g/mol. The van der Waals surface area contributed by atoms with Crippen LogP contribution in [0.25, 0.3) is 0 Å². The first-order valence-electron chi connectivity index (χ1n) is 7.25. The summed E-state index contributed by atoms with van der Waals surface area (Å²) in [5.74, 6) is -0.252. The van der Waals surface area contributed by atoms with Crippen LogP contribution in [0.4, 0.5) is 4.39 Å². The molecule has 0 aliphatic rings. The number of rotatable bonds is 5. The van der Waals surface area contributed by atoms with Crippen LogP contribution >= 0.6 is 11.6 Å². The molecule has 0 saturated heterocycles. The standard InChI is InChI=1S/C18H21ClFN/c1-4-21-18(16-11-15(20)7-8-17(16)19)10-14-9-12(2)5-6-13(14)3/h5-9,11,18,21H,4,10H2,1-3H3. The molecule has 1 nitrogen and oxygen atoms in total. The second kappa shape index (κ2) is 7.06. The highest BCUT2D eigenvalue weighted by molar-refractivity contribution is 6.31. The van der Waals surface area contributed by atoms with Crippen LogP contribution in [0.1, 0.15) is 35.2 Å². The number of nitrogens with one attached hydrogen (secondary N) is 1. The molecule has 0 amide bonds. The molecule has 21 heavy (non-hydrogen) atoms. The van der Waals surface area contributed by atoms with E-state index in [9.17, 15) is 4.39 Å². The third kappa shape index (κ3) is 4.05. The number of aryl methyl sites for hydroxylation is 2. The molecule has 1 N–H and O–H groups in total. The summed E-state index contributed by atoms with van der Waals surface area (Å²) in [5.41, 5.74) is 4.56. The first-order valence-corrected chi connectivity index (χ1v) is 7.63. The minimum atomic E-state index is -0.252. The minimum Gasteiger partial charge on any atom is -0.310 e. The fourth-order valence-electron chi connectivity index (χ4n) is 2.56. The Morgan fingerprint density at radius 3 is 2.62 bits per heavy atom. The first-order chi connectivity index (χ1) is 10.0. The molecule has 1 unspecified atom stereocenters. The molecule has 0 aromatic heterocycles. The van der Waals surface area contributed by atoms with Gasteiger partial charge in [0.1, 0.15) is 5.82 Å². The Morgan fingerprint density at radius 2 is 1.90 bits per heavy atom. The normalized spacial score (nSPS) is 12.4. The van der Waals surface area contributed by atoms with Gasteiger partial charge in [-0.1, -0.05) is 42.3 Å². The summed E-state index contributed by atoms with van der Waals surface area (Å²) in [6.07, 6.45) is 0.796. The summed E-state index contributed by atoms with van der Waals surface area (Å²) in [5, 5.41) is 4.02. The molecular weight excluding hydrogens is 285 g/mol. The van der Waals surface area contributed by atoms with Gasteiger partial charge in [0.25, 0.3) is 0 Å². The van der Waals surface area contributed by atoms with E-state index >= 15 is 0 Å². The molecule has 3 heteroatoms. The van der Waals surface area contributed by atoms with Gasteiger partial charge in [-0.15, -0.1) is 0 Å². The van der Waals surface area contributed by atoms with Crippen LogP contribution in [0.3, 0.4) is 0 Å². The van der Waals surface area contributed by atoms with Gasteiger partial charge in [-0.05, 0) is 61.7 Å². The van der Waals surface area contributed by atoms with E-state index in [-0.39, 0.29) is 11.9 Å². The van der Waals surface area contributed by atoms with E-state index in [0.29, 0.717) is 5.02 Å². The lowest BCUT2D eigenvalue weighted by molar-refractivity contribution is 0.542. The molecule has 0 aliphatic heterocycles. The van der Waals surface area contributed by atoms with Crippen molar-refractivity contribution in [3.05, 3.63) is 69.5 Å². The van der Waals surface area contributed by atoms with Gasteiger partial charge in [0, 0.05) is 11.1 Å². The van der Waals surface area contributed by atoms with Crippen molar-refractivity contribution in [3.8, 4) is 0 Å². The maximum absolute atomic E-state index is 13.5. The average Bonchev–Trinajstić information content (AvgIpc) is 2.45. The number of hydrogen-bond acceptors (Lipinski definition) is 1. The highest BCUT2D eigenvalue weighted by Gasteiger charge is 2.16. The molecule has 2 rings (SSSR count). The minimum absolute atomic E-state index is 0.0127. The second-order valence-electron chi connectivity index (χ2n) is 5.41.